The lowest BCUT2D eigenvalue weighted by Gasteiger charge is -2.34. The smallest absolute Gasteiger partial charge is 0.228 e. The minimum absolute atomic E-state index is 0.721. The van der Waals surface area contributed by atoms with Crippen LogP contribution >= 0.6 is 0 Å². The molecule has 1 aromatic heterocycles. The first kappa shape index (κ1) is 17.8. The summed E-state index contributed by atoms with van der Waals surface area (Å²) in [6.07, 6.45) is 3.34. The summed E-state index contributed by atoms with van der Waals surface area (Å²) in [6.45, 7) is 7.40. The van der Waals surface area contributed by atoms with E-state index in [4.69, 9.17) is 9.97 Å². The Morgan fingerprint density at radius 2 is 1.63 bits per heavy atom. The van der Waals surface area contributed by atoms with Crippen molar-refractivity contribution in [2.24, 2.45) is 5.92 Å². The number of piperazine rings is 1. The summed E-state index contributed by atoms with van der Waals surface area (Å²) < 4.78 is 0. The molecule has 0 N–H and O–H groups in total. The molecule has 0 unspecified atom stereocenters. The third kappa shape index (κ3) is 4.04. The van der Waals surface area contributed by atoms with Gasteiger partial charge in [0.15, 0.2) is 0 Å². The molecule has 0 bridgehead atoms. The van der Waals surface area contributed by atoms with Crippen LogP contribution in [-0.2, 0) is 4.79 Å². The van der Waals surface area contributed by atoms with Gasteiger partial charge in [-0.05, 0) is 18.8 Å². The predicted molar refractivity (Wildman–Crippen MR) is 108 cm³/mol. The lowest BCUT2D eigenvalue weighted by Crippen LogP contribution is -2.46. The Kier molecular flexibility index (Phi) is 5.23. The Morgan fingerprint density at radius 3 is 2.30 bits per heavy atom. The Bertz CT molecular complexity index is 765. The van der Waals surface area contributed by atoms with Gasteiger partial charge in [-0.2, -0.15) is 4.98 Å². The Hall–Kier alpha value is -2.63. The SMILES string of the molecule is CC1CCN(c2cc(-c3ccccc3)nc(N3CCN(C=O)CC3)n2)CC1. The van der Waals surface area contributed by atoms with Crippen molar-refractivity contribution in [3.05, 3.63) is 36.4 Å². The monoisotopic (exact) mass is 365 g/mol. The van der Waals surface area contributed by atoms with Crippen molar-refractivity contribution in [1.82, 2.24) is 14.9 Å². The summed E-state index contributed by atoms with van der Waals surface area (Å²) in [5.74, 6) is 2.58. The number of anilines is 2. The van der Waals surface area contributed by atoms with Gasteiger partial charge in [-0.15, -0.1) is 0 Å². The third-order valence-corrected chi connectivity index (χ3v) is 5.62. The first-order chi connectivity index (χ1) is 13.2. The lowest BCUT2D eigenvalue weighted by molar-refractivity contribution is -0.118. The molecule has 2 aliphatic rings. The molecule has 2 fully saturated rings. The number of carbonyl (C=O) groups excluding carboxylic acids is 1. The van der Waals surface area contributed by atoms with E-state index in [1.54, 1.807) is 0 Å². The molecule has 0 radical (unpaired) electrons. The Balaban J connectivity index is 1.65. The maximum atomic E-state index is 11.0. The second kappa shape index (κ2) is 7.94. The normalized spacial score (nSPS) is 18.6. The van der Waals surface area contributed by atoms with E-state index in [1.807, 2.05) is 23.1 Å². The fourth-order valence-corrected chi connectivity index (χ4v) is 3.75. The molecular weight excluding hydrogens is 338 g/mol. The zero-order valence-electron chi connectivity index (χ0n) is 15.9. The van der Waals surface area contributed by atoms with Gasteiger partial charge >= 0.3 is 0 Å². The Morgan fingerprint density at radius 1 is 0.926 bits per heavy atom. The van der Waals surface area contributed by atoms with Crippen LogP contribution in [0.25, 0.3) is 11.3 Å². The molecule has 6 heteroatoms. The van der Waals surface area contributed by atoms with E-state index in [2.05, 4.69) is 34.9 Å². The number of aromatic nitrogens is 2. The molecule has 4 rings (SSSR count). The molecule has 6 nitrogen and oxygen atoms in total. The van der Waals surface area contributed by atoms with Gasteiger partial charge < -0.3 is 14.7 Å². The third-order valence-electron chi connectivity index (χ3n) is 5.62. The molecule has 0 saturated carbocycles. The number of benzene rings is 1. The molecule has 2 saturated heterocycles. The van der Waals surface area contributed by atoms with E-state index in [1.165, 1.54) is 12.8 Å². The second-order valence-electron chi connectivity index (χ2n) is 7.58. The molecule has 0 aliphatic carbocycles. The number of piperidine rings is 1. The average molecular weight is 365 g/mol. The molecule has 27 heavy (non-hydrogen) atoms. The molecule has 0 spiro atoms. The van der Waals surface area contributed by atoms with Crippen LogP contribution in [0.4, 0.5) is 11.8 Å². The maximum Gasteiger partial charge on any atom is 0.228 e. The van der Waals surface area contributed by atoms with Gasteiger partial charge in [0.1, 0.15) is 5.82 Å². The van der Waals surface area contributed by atoms with E-state index in [-0.39, 0.29) is 0 Å². The summed E-state index contributed by atoms with van der Waals surface area (Å²) in [5.41, 5.74) is 2.08. The standard InChI is InChI=1S/C21H27N5O/c1-17-7-9-25(10-8-17)20-15-19(18-5-3-2-4-6-18)22-21(23-20)26-13-11-24(16-27)12-14-26/h2-6,15-17H,7-14H2,1H3. The zero-order valence-corrected chi connectivity index (χ0v) is 15.9. The van der Waals surface area contributed by atoms with Crippen LogP contribution in [0.2, 0.25) is 0 Å². The summed E-state index contributed by atoms with van der Waals surface area (Å²) >= 11 is 0. The number of amides is 1. The van der Waals surface area contributed by atoms with Crippen molar-refractivity contribution in [2.75, 3.05) is 49.1 Å². The highest BCUT2D eigenvalue weighted by Gasteiger charge is 2.22. The molecule has 142 valence electrons. The van der Waals surface area contributed by atoms with Crippen molar-refractivity contribution in [3.8, 4) is 11.3 Å². The number of rotatable bonds is 4. The quantitative estimate of drug-likeness (QED) is 0.780. The molecular formula is C21H27N5O. The van der Waals surface area contributed by atoms with Crippen molar-refractivity contribution in [1.29, 1.82) is 0 Å². The summed E-state index contributed by atoms with van der Waals surface area (Å²) in [5, 5.41) is 0. The van der Waals surface area contributed by atoms with Crippen molar-refractivity contribution in [3.63, 3.8) is 0 Å². The predicted octanol–water partition coefficient (Wildman–Crippen LogP) is 2.66. The van der Waals surface area contributed by atoms with Gasteiger partial charge in [0.25, 0.3) is 0 Å². The zero-order chi connectivity index (χ0) is 18.6. The first-order valence-corrected chi connectivity index (χ1v) is 9.86. The van der Waals surface area contributed by atoms with Gasteiger partial charge in [-0.25, -0.2) is 4.98 Å². The molecule has 3 heterocycles. The summed E-state index contributed by atoms with van der Waals surface area (Å²) in [7, 11) is 0. The molecule has 0 atom stereocenters. The molecule has 1 aromatic carbocycles. The van der Waals surface area contributed by atoms with E-state index < -0.39 is 0 Å². The van der Waals surface area contributed by atoms with Crippen LogP contribution in [0.15, 0.2) is 36.4 Å². The van der Waals surface area contributed by atoms with Crippen LogP contribution in [0.1, 0.15) is 19.8 Å². The van der Waals surface area contributed by atoms with Gasteiger partial charge in [-0.3, -0.25) is 4.79 Å². The number of hydrogen-bond acceptors (Lipinski definition) is 5. The van der Waals surface area contributed by atoms with Crippen molar-refractivity contribution >= 4 is 18.2 Å². The average Bonchev–Trinajstić information content (AvgIpc) is 2.74. The van der Waals surface area contributed by atoms with Gasteiger partial charge in [0, 0.05) is 50.9 Å². The van der Waals surface area contributed by atoms with Crippen LogP contribution in [0.5, 0.6) is 0 Å². The van der Waals surface area contributed by atoms with Gasteiger partial charge in [0.05, 0.1) is 5.69 Å². The molecule has 1 amide bonds. The minimum Gasteiger partial charge on any atom is -0.356 e. The van der Waals surface area contributed by atoms with E-state index in [0.29, 0.717) is 0 Å². The second-order valence-corrected chi connectivity index (χ2v) is 7.58. The largest absolute Gasteiger partial charge is 0.356 e. The van der Waals surface area contributed by atoms with Crippen LogP contribution in [0.3, 0.4) is 0 Å². The highest BCUT2D eigenvalue weighted by molar-refractivity contribution is 5.65. The van der Waals surface area contributed by atoms with Gasteiger partial charge in [0.2, 0.25) is 12.4 Å². The van der Waals surface area contributed by atoms with Crippen molar-refractivity contribution in [2.45, 2.75) is 19.8 Å². The van der Waals surface area contributed by atoms with Crippen LogP contribution in [-0.4, -0.2) is 60.5 Å². The van der Waals surface area contributed by atoms with Crippen molar-refractivity contribution < 1.29 is 4.79 Å². The maximum absolute atomic E-state index is 11.0. The van der Waals surface area contributed by atoms with E-state index >= 15 is 0 Å². The van der Waals surface area contributed by atoms with E-state index in [9.17, 15) is 4.79 Å². The fraction of sp³-hybridized carbons (Fsp3) is 0.476. The number of carbonyl (C=O) groups is 1. The number of nitrogens with zero attached hydrogens (tertiary/aromatic N) is 5. The Labute approximate surface area is 160 Å². The highest BCUT2D eigenvalue weighted by atomic mass is 16.1. The topological polar surface area (TPSA) is 52.6 Å². The minimum atomic E-state index is 0.721. The fourth-order valence-electron chi connectivity index (χ4n) is 3.75. The lowest BCUT2D eigenvalue weighted by atomic mass is 9.99. The van der Waals surface area contributed by atoms with Gasteiger partial charge in [-0.1, -0.05) is 37.3 Å². The van der Waals surface area contributed by atoms with E-state index in [0.717, 1.165) is 74.6 Å². The first-order valence-electron chi connectivity index (χ1n) is 9.86. The summed E-state index contributed by atoms with van der Waals surface area (Å²) in [4.78, 5) is 27.2. The molecule has 2 aromatic rings. The van der Waals surface area contributed by atoms with Crippen LogP contribution in [0, 0.1) is 5.92 Å². The summed E-state index contributed by atoms with van der Waals surface area (Å²) in [6, 6.07) is 12.4. The highest BCUT2D eigenvalue weighted by Crippen LogP contribution is 2.28. The van der Waals surface area contributed by atoms with Crippen LogP contribution < -0.4 is 9.80 Å². The number of hydrogen-bond donors (Lipinski definition) is 0. The molecule has 2 aliphatic heterocycles.